The summed E-state index contributed by atoms with van der Waals surface area (Å²) in [5.74, 6) is 0.688. The molecule has 4 rings (SSSR count). The SMILES string of the molecule is c1ccc(-c2ccc(-c3cccc(-c4ncncn4)c3)cc2)cc1. The average molecular weight is 309 g/mol. The third-order valence-corrected chi connectivity index (χ3v) is 3.94. The maximum absolute atomic E-state index is 4.22. The molecule has 0 amide bonds. The Morgan fingerprint density at radius 2 is 1.00 bits per heavy atom. The van der Waals surface area contributed by atoms with E-state index < -0.39 is 0 Å². The monoisotopic (exact) mass is 309 g/mol. The third kappa shape index (κ3) is 2.92. The van der Waals surface area contributed by atoms with Gasteiger partial charge in [-0.3, -0.25) is 0 Å². The summed E-state index contributed by atoms with van der Waals surface area (Å²) in [6.07, 6.45) is 3.04. The Morgan fingerprint density at radius 3 is 1.71 bits per heavy atom. The molecule has 3 nitrogen and oxygen atoms in total. The normalized spacial score (nSPS) is 10.5. The Hall–Kier alpha value is -3.33. The molecule has 0 atom stereocenters. The molecule has 0 radical (unpaired) electrons. The van der Waals surface area contributed by atoms with Crippen LogP contribution < -0.4 is 0 Å². The van der Waals surface area contributed by atoms with Crippen LogP contribution in [0.2, 0.25) is 0 Å². The second-order valence-electron chi connectivity index (χ2n) is 5.49. The molecule has 0 unspecified atom stereocenters. The van der Waals surface area contributed by atoms with E-state index in [1.54, 1.807) is 0 Å². The van der Waals surface area contributed by atoms with Crippen molar-refractivity contribution < 1.29 is 0 Å². The zero-order valence-corrected chi connectivity index (χ0v) is 13.0. The van der Waals surface area contributed by atoms with E-state index in [4.69, 9.17) is 0 Å². The molecule has 24 heavy (non-hydrogen) atoms. The molecule has 114 valence electrons. The van der Waals surface area contributed by atoms with Gasteiger partial charge in [-0.05, 0) is 28.3 Å². The van der Waals surface area contributed by atoms with E-state index >= 15 is 0 Å². The van der Waals surface area contributed by atoms with Gasteiger partial charge in [0.2, 0.25) is 0 Å². The lowest BCUT2D eigenvalue weighted by atomic mass is 9.99. The Balaban J connectivity index is 1.67. The lowest BCUT2D eigenvalue weighted by molar-refractivity contribution is 1.06. The number of benzene rings is 3. The summed E-state index contributed by atoms with van der Waals surface area (Å²) in [7, 11) is 0. The molecule has 0 saturated carbocycles. The topological polar surface area (TPSA) is 38.7 Å². The van der Waals surface area contributed by atoms with E-state index in [-0.39, 0.29) is 0 Å². The number of aromatic nitrogens is 3. The van der Waals surface area contributed by atoms with Crippen molar-refractivity contribution in [1.82, 2.24) is 15.0 Å². The van der Waals surface area contributed by atoms with Gasteiger partial charge in [0, 0.05) is 5.56 Å². The molecule has 0 bridgehead atoms. The lowest BCUT2D eigenvalue weighted by Gasteiger charge is -2.07. The molecule has 1 heterocycles. The van der Waals surface area contributed by atoms with E-state index in [9.17, 15) is 0 Å². The van der Waals surface area contributed by atoms with Gasteiger partial charge in [-0.1, -0.05) is 72.8 Å². The minimum absolute atomic E-state index is 0.688. The smallest absolute Gasteiger partial charge is 0.162 e. The first-order chi connectivity index (χ1) is 11.9. The van der Waals surface area contributed by atoms with Crippen LogP contribution in [0.1, 0.15) is 0 Å². The average Bonchev–Trinajstić information content (AvgIpc) is 2.70. The largest absolute Gasteiger partial charge is 0.225 e. The van der Waals surface area contributed by atoms with Gasteiger partial charge in [-0.2, -0.15) is 0 Å². The lowest BCUT2D eigenvalue weighted by Crippen LogP contribution is -1.89. The number of hydrogen-bond acceptors (Lipinski definition) is 3. The maximum atomic E-state index is 4.22. The van der Waals surface area contributed by atoms with Crippen LogP contribution in [-0.4, -0.2) is 15.0 Å². The van der Waals surface area contributed by atoms with Gasteiger partial charge in [-0.15, -0.1) is 0 Å². The number of nitrogens with zero attached hydrogens (tertiary/aromatic N) is 3. The predicted octanol–water partition coefficient (Wildman–Crippen LogP) is 4.87. The number of hydrogen-bond donors (Lipinski definition) is 0. The summed E-state index contributed by atoms with van der Waals surface area (Å²) in [5.41, 5.74) is 5.75. The highest BCUT2D eigenvalue weighted by Gasteiger charge is 2.04. The van der Waals surface area contributed by atoms with Crippen LogP contribution in [0.4, 0.5) is 0 Å². The minimum atomic E-state index is 0.688. The van der Waals surface area contributed by atoms with Crippen LogP contribution in [0.3, 0.4) is 0 Å². The van der Waals surface area contributed by atoms with Crippen LogP contribution in [0, 0.1) is 0 Å². The molecular formula is C21H15N3. The standard InChI is InChI=1S/C21H15N3/c1-2-5-16(6-3-1)17-9-11-18(12-10-17)19-7-4-8-20(13-19)21-23-14-22-15-24-21/h1-15H. The Morgan fingerprint density at radius 1 is 0.458 bits per heavy atom. The van der Waals surface area contributed by atoms with Crippen molar-refractivity contribution in [1.29, 1.82) is 0 Å². The van der Waals surface area contributed by atoms with E-state index in [0.717, 1.165) is 11.1 Å². The zero-order chi connectivity index (χ0) is 16.2. The van der Waals surface area contributed by atoms with Crippen molar-refractivity contribution in [3.63, 3.8) is 0 Å². The highest BCUT2D eigenvalue weighted by Crippen LogP contribution is 2.27. The van der Waals surface area contributed by atoms with Crippen LogP contribution >= 0.6 is 0 Å². The number of rotatable bonds is 3. The first-order valence-corrected chi connectivity index (χ1v) is 7.78. The second-order valence-corrected chi connectivity index (χ2v) is 5.49. The minimum Gasteiger partial charge on any atom is -0.225 e. The highest BCUT2D eigenvalue weighted by molar-refractivity contribution is 5.73. The van der Waals surface area contributed by atoms with Crippen molar-refractivity contribution >= 4 is 0 Å². The maximum Gasteiger partial charge on any atom is 0.162 e. The van der Waals surface area contributed by atoms with E-state index in [1.807, 2.05) is 18.2 Å². The molecule has 0 fully saturated rings. The molecule has 0 aliphatic carbocycles. The molecular weight excluding hydrogens is 294 g/mol. The van der Waals surface area contributed by atoms with Crippen molar-refractivity contribution in [2.24, 2.45) is 0 Å². The molecule has 0 N–H and O–H groups in total. The molecule has 4 aromatic rings. The van der Waals surface area contributed by atoms with Crippen LogP contribution in [0.15, 0.2) is 91.5 Å². The van der Waals surface area contributed by atoms with Crippen LogP contribution in [-0.2, 0) is 0 Å². The first-order valence-electron chi connectivity index (χ1n) is 7.78. The van der Waals surface area contributed by atoms with Gasteiger partial charge < -0.3 is 0 Å². The van der Waals surface area contributed by atoms with Gasteiger partial charge >= 0.3 is 0 Å². The summed E-state index contributed by atoms with van der Waals surface area (Å²) in [6, 6.07) is 27.2. The quantitative estimate of drug-likeness (QED) is 0.542. The Bertz CT molecular complexity index is 933. The van der Waals surface area contributed by atoms with Crippen molar-refractivity contribution in [3.8, 4) is 33.6 Å². The fraction of sp³-hybridized carbons (Fsp3) is 0. The Kier molecular flexibility index (Phi) is 3.82. The van der Waals surface area contributed by atoms with Crippen LogP contribution in [0.5, 0.6) is 0 Å². The predicted molar refractivity (Wildman–Crippen MR) is 96.1 cm³/mol. The molecule has 0 aliphatic rings. The fourth-order valence-electron chi connectivity index (χ4n) is 2.71. The molecule has 3 aromatic carbocycles. The second kappa shape index (κ2) is 6.42. The zero-order valence-electron chi connectivity index (χ0n) is 13.0. The highest BCUT2D eigenvalue weighted by atomic mass is 15.0. The first kappa shape index (κ1) is 14.3. The molecule has 0 saturated heterocycles. The van der Waals surface area contributed by atoms with E-state index in [0.29, 0.717) is 5.82 Å². The van der Waals surface area contributed by atoms with Gasteiger partial charge in [-0.25, -0.2) is 15.0 Å². The molecule has 0 spiro atoms. The van der Waals surface area contributed by atoms with Crippen LogP contribution in [0.25, 0.3) is 33.6 Å². The Labute approximate surface area is 140 Å². The molecule has 0 aliphatic heterocycles. The van der Waals surface area contributed by atoms with Gasteiger partial charge in [0.05, 0.1) is 0 Å². The van der Waals surface area contributed by atoms with Gasteiger partial charge in [0.15, 0.2) is 5.82 Å². The third-order valence-electron chi connectivity index (χ3n) is 3.94. The van der Waals surface area contributed by atoms with E-state index in [1.165, 1.54) is 29.3 Å². The van der Waals surface area contributed by atoms with Gasteiger partial charge in [0.1, 0.15) is 12.7 Å². The fourth-order valence-corrected chi connectivity index (χ4v) is 2.71. The summed E-state index contributed by atoms with van der Waals surface area (Å²) < 4.78 is 0. The summed E-state index contributed by atoms with van der Waals surface area (Å²) in [4.78, 5) is 12.3. The molecule has 3 heteroatoms. The van der Waals surface area contributed by atoms with Crippen molar-refractivity contribution in [3.05, 3.63) is 91.5 Å². The van der Waals surface area contributed by atoms with Crippen molar-refractivity contribution in [2.45, 2.75) is 0 Å². The summed E-state index contributed by atoms with van der Waals surface area (Å²) in [6.45, 7) is 0. The summed E-state index contributed by atoms with van der Waals surface area (Å²) >= 11 is 0. The summed E-state index contributed by atoms with van der Waals surface area (Å²) in [5, 5.41) is 0. The van der Waals surface area contributed by atoms with E-state index in [2.05, 4.69) is 75.6 Å². The molecule has 1 aromatic heterocycles. The van der Waals surface area contributed by atoms with Gasteiger partial charge in [0.25, 0.3) is 0 Å². The van der Waals surface area contributed by atoms with Crippen molar-refractivity contribution in [2.75, 3.05) is 0 Å².